The minimum absolute atomic E-state index is 0. The van der Waals surface area contributed by atoms with E-state index in [2.05, 4.69) is 20.9 Å². The minimum atomic E-state index is 0. The van der Waals surface area contributed by atoms with Gasteiger partial charge in [-0.15, -0.1) is 24.8 Å². The van der Waals surface area contributed by atoms with Crippen LogP contribution in [0.2, 0.25) is 0 Å². The SMILES string of the molecule is Cl.Cl.Cn1cnc(Br)c1CN. The predicted octanol–water partition coefficient (Wildman–Crippen LogP) is 1.48. The Morgan fingerprint density at radius 3 is 2.36 bits per heavy atom. The number of rotatable bonds is 1. The number of nitrogens with zero attached hydrogens (tertiary/aromatic N) is 2. The van der Waals surface area contributed by atoms with E-state index in [-0.39, 0.29) is 24.8 Å². The Labute approximate surface area is 86.3 Å². The zero-order valence-electron chi connectivity index (χ0n) is 5.95. The largest absolute Gasteiger partial charge is 0.336 e. The van der Waals surface area contributed by atoms with Crippen LogP contribution in [0.15, 0.2) is 10.9 Å². The van der Waals surface area contributed by atoms with Gasteiger partial charge in [0, 0.05) is 13.6 Å². The zero-order chi connectivity index (χ0) is 6.85. The van der Waals surface area contributed by atoms with Gasteiger partial charge in [0.1, 0.15) is 4.60 Å². The topological polar surface area (TPSA) is 43.8 Å². The summed E-state index contributed by atoms with van der Waals surface area (Å²) in [6.45, 7) is 0.525. The quantitative estimate of drug-likeness (QED) is 0.834. The fourth-order valence-corrected chi connectivity index (χ4v) is 1.19. The van der Waals surface area contributed by atoms with E-state index >= 15 is 0 Å². The average Bonchev–Trinajstić information content (AvgIpc) is 2.12. The fraction of sp³-hybridized carbons (Fsp3) is 0.400. The van der Waals surface area contributed by atoms with Gasteiger partial charge in [-0.05, 0) is 15.9 Å². The molecule has 0 bridgehead atoms. The maximum atomic E-state index is 5.41. The molecule has 66 valence electrons. The number of hydrogen-bond acceptors (Lipinski definition) is 2. The molecule has 1 heterocycles. The lowest BCUT2D eigenvalue weighted by atomic mass is 10.5. The van der Waals surface area contributed by atoms with Crippen molar-refractivity contribution in [3.8, 4) is 0 Å². The molecule has 6 heteroatoms. The van der Waals surface area contributed by atoms with Gasteiger partial charge in [0.05, 0.1) is 12.0 Å². The van der Waals surface area contributed by atoms with Crippen molar-refractivity contribution in [2.75, 3.05) is 0 Å². The Morgan fingerprint density at radius 1 is 1.64 bits per heavy atom. The van der Waals surface area contributed by atoms with Crippen molar-refractivity contribution in [2.24, 2.45) is 12.8 Å². The second-order valence-electron chi connectivity index (χ2n) is 1.80. The van der Waals surface area contributed by atoms with Gasteiger partial charge in [0.25, 0.3) is 0 Å². The molecule has 0 fully saturated rings. The summed E-state index contributed by atoms with van der Waals surface area (Å²) in [5, 5.41) is 0. The first-order chi connectivity index (χ1) is 4.25. The Bertz CT molecular complexity index is 194. The first kappa shape index (κ1) is 13.8. The van der Waals surface area contributed by atoms with Crippen molar-refractivity contribution in [2.45, 2.75) is 6.54 Å². The second kappa shape index (κ2) is 5.83. The van der Waals surface area contributed by atoms with Crippen LogP contribution in [0.1, 0.15) is 5.69 Å². The fourth-order valence-electron chi connectivity index (χ4n) is 0.655. The lowest BCUT2D eigenvalue weighted by Crippen LogP contribution is -2.02. The number of aryl methyl sites for hydroxylation is 1. The van der Waals surface area contributed by atoms with E-state index in [1.807, 2.05) is 11.6 Å². The van der Waals surface area contributed by atoms with E-state index in [0.717, 1.165) is 10.3 Å². The Hall–Kier alpha value is 0.230. The molecule has 0 atom stereocenters. The van der Waals surface area contributed by atoms with E-state index in [1.165, 1.54) is 0 Å². The van der Waals surface area contributed by atoms with Crippen LogP contribution in [0.25, 0.3) is 0 Å². The molecule has 0 aliphatic carbocycles. The second-order valence-corrected chi connectivity index (χ2v) is 2.55. The third-order valence-corrected chi connectivity index (χ3v) is 1.86. The van der Waals surface area contributed by atoms with Crippen LogP contribution in [-0.4, -0.2) is 9.55 Å². The molecule has 0 radical (unpaired) electrons. The van der Waals surface area contributed by atoms with Crippen molar-refractivity contribution in [3.05, 3.63) is 16.6 Å². The summed E-state index contributed by atoms with van der Waals surface area (Å²) in [5.41, 5.74) is 6.43. The van der Waals surface area contributed by atoms with Crippen LogP contribution in [0.5, 0.6) is 0 Å². The lowest BCUT2D eigenvalue weighted by Gasteiger charge is -1.95. The van der Waals surface area contributed by atoms with Crippen molar-refractivity contribution >= 4 is 40.7 Å². The summed E-state index contributed by atoms with van der Waals surface area (Å²) >= 11 is 3.27. The number of halogens is 3. The number of nitrogens with two attached hydrogens (primary N) is 1. The number of aromatic nitrogens is 2. The highest BCUT2D eigenvalue weighted by molar-refractivity contribution is 9.10. The molecule has 0 aliphatic rings. The van der Waals surface area contributed by atoms with Gasteiger partial charge in [-0.25, -0.2) is 4.98 Å². The third-order valence-electron chi connectivity index (χ3n) is 1.20. The molecule has 0 aromatic carbocycles. The summed E-state index contributed by atoms with van der Waals surface area (Å²) in [6.07, 6.45) is 1.73. The maximum absolute atomic E-state index is 5.41. The van der Waals surface area contributed by atoms with Gasteiger partial charge in [0.2, 0.25) is 0 Å². The molecule has 1 aromatic rings. The van der Waals surface area contributed by atoms with Crippen LogP contribution in [0, 0.1) is 0 Å². The molecule has 1 rings (SSSR count). The van der Waals surface area contributed by atoms with Crippen LogP contribution in [-0.2, 0) is 13.6 Å². The number of imidazole rings is 1. The lowest BCUT2D eigenvalue weighted by molar-refractivity contribution is 0.818. The molecule has 0 spiro atoms. The van der Waals surface area contributed by atoms with Crippen molar-refractivity contribution < 1.29 is 0 Å². The van der Waals surface area contributed by atoms with Crippen LogP contribution >= 0.6 is 40.7 Å². The van der Waals surface area contributed by atoms with Gasteiger partial charge in [-0.1, -0.05) is 0 Å². The standard InChI is InChI=1S/C5H8BrN3.2ClH/c1-9-3-8-5(6)4(9)2-7;;/h3H,2,7H2,1H3;2*1H. The molecule has 11 heavy (non-hydrogen) atoms. The number of hydrogen-bond donors (Lipinski definition) is 1. The minimum Gasteiger partial charge on any atom is -0.336 e. The molecule has 0 saturated carbocycles. The summed E-state index contributed by atoms with van der Waals surface area (Å²) in [5.74, 6) is 0. The highest BCUT2D eigenvalue weighted by Crippen LogP contribution is 2.11. The Balaban J connectivity index is 0. The van der Waals surface area contributed by atoms with Crippen LogP contribution < -0.4 is 5.73 Å². The summed E-state index contributed by atoms with van der Waals surface area (Å²) < 4.78 is 2.73. The third kappa shape index (κ3) is 2.99. The summed E-state index contributed by atoms with van der Waals surface area (Å²) in [4.78, 5) is 3.99. The van der Waals surface area contributed by atoms with Gasteiger partial charge in [-0.2, -0.15) is 0 Å². The molecule has 0 saturated heterocycles. The summed E-state index contributed by atoms with van der Waals surface area (Å²) in [6, 6.07) is 0. The molecule has 1 aromatic heterocycles. The first-order valence-electron chi connectivity index (χ1n) is 2.61. The molecular formula is C5H10BrCl2N3. The molecule has 2 N–H and O–H groups in total. The normalized spacial score (nSPS) is 8.27. The van der Waals surface area contributed by atoms with Gasteiger partial charge in [-0.3, -0.25) is 0 Å². The Morgan fingerprint density at radius 2 is 2.18 bits per heavy atom. The summed E-state index contributed by atoms with van der Waals surface area (Å²) in [7, 11) is 1.92. The molecule has 0 unspecified atom stereocenters. The van der Waals surface area contributed by atoms with Gasteiger partial charge in [0.15, 0.2) is 0 Å². The maximum Gasteiger partial charge on any atom is 0.128 e. The highest BCUT2D eigenvalue weighted by Gasteiger charge is 2.00. The van der Waals surface area contributed by atoms with E-state index in [0.29, 0.717) is 6.54 Å². The van der Waals surface area contributed by atoms with E-state index in [9.17, 15) is 0 Å². The first-order valence-corrected chi connectivity index (χ1v) is 3.40. The van der Waals surface area contributed by atoms with Crippen LogP contribution in [0.4, 0.5) is 0 Å². The van der Waals surface area contributed by atoms with Crippen molar-refractivity contribution in [1.82, 2.24) is 9.55 Å². The molecule has 3 nitrogen and oxygen atoms in total. The van der Waals surface area contributed by atoms with E-state index in [1.54, 1.807) is 6.33 Å². The highest BCUT2D eigenvalue weighted by atomic mass is 79.9. The van der Waals surface area contributed by atoms with E-state index < -0.39 is 0 Å². The van der Waals surface area contributed by atoms with Gasteiger partial charge < -0.3 is 10.3 Å². The molecule has 0 amide bonds. The Kier molecular flexibility index (Phi) is 7.31. The average molecular weight is 263 g/mol. The predicted molar refractivity (Wildman–Crippen MR) is 53.3 cm³/mol. The van der Waals surface area contributed by atoms with Gasteiger partial charge >= 0.3 is 0 Å². The molecular weight excluding hydrogens is 253 g/mol. The zero-order valence-corrected chi connectivity index (χ0v) is 9.17. The monoisotopic (exact) mass is 261 g/mol. The molecule has 0 aliphatic heterocycles. The van der Waals surface area contributed by atoms with Crippen molar-refractivity contribution in [1.29, 1.82) is 0 Å². The van der Waals surface area contributed by atoms with Crippen molar-refractivity contribution in [3.63, 3.8) is 0 Å². The van der Waals surface area contributed by atoms with E-state index in [4.69, 9.17) is 5.73 Å². The van der Waals surface area contributed by atoms with Crippen LogP contribution in [0.3, 0.4) is 0 Å². The smallest absolute Gasteiger partial charge is 0.128 e.